The van der Waals surface area contributed by atoms with Gasteiger partial charge < -0.3 is 5.32 Å². The third kappa shape index (κ3) is 2.38. The molecule has 3 heteroatoms. The maximum Gasteiger partial charge on any atom is 0.0701 e. The molecule has 1 fully saturated rings. The van der Waals surface area contributed by atoms with Crippen LogP contribution in [0.15, 0.2) is 15.9 Å². The van der Waals surface area contributed by atoms with Gasteiger partial charge in [-0.1, -0.05) is 6.42 Å². The first-order valence-corrected chi connectivity index (χ1v) is 6.82. The van der Waals surface area contributed by atoms with Gasteiger partial charge in [0.2, 0.25) is 0 Å². The molecule has 1 nitrogen and oxygen atoms in total. The number of nitrogens with one attached hydrogen (secondary N) is 1. The quantitative estimate of drug-likeness (QED) is 0.886. The van der Waals surface area contributed by atoms with Gasteiger partial charge in [-0.3, -0.25) is 0 Å². The molecule has 0 radical (unpaired) electrons. The molecule has 0 bridgehead atoms. The Labute approximate surface area is 98.0 Å². The summed E-state index contributed by atoms with van der Waals surface area (Å²) in [6.07, 6.45) is 5.45. The number of thiophene rings is 1. The minimum Gasteiger partial charge on any atom is -0.316 e. The number of hydrogen-bond acceptors (Lipinski definition) is 2. The van der Waals surface area contributed by atoms with Gasteiger partial charge in [-0.05, 0) is 60.3 Å². The van der Waals surface area contributed by atoms with Crippen molar-refractivity contribution < 1.29 is 0 Å². The molecule has 1 atom stereocenters. The van der Waals surface area contributed by atoms with E-state index in [2.05, 4.69) is 40.4 Å². The molecule has 1 unspecified atom stereocenters. The zero-order valence-corrected chi connectivity index (χ0v) is 10.8. The molecular formula is C11H16BrNS. The molecule has 1 aliphatic carbocycles. The smallest absolute Gasteiger partial charge is 0.0701 e. The normalized spacial score (nSPS) is 19.3. The lowest BCUT2D eigenvalue weighted by Crippen LogP contribution is -2.38. The molecule has 1 aromatic rings. The van der Waals surface area contributed by atoms with E-state index < -0.39 is 0 Å². The molecular weight excluding hydrogens is 258 g/mol. The van der Waals surface area contributed by atoms with Crippen LogP contribution >= 0.6 is 27.3 Å². The lowest BCUT2D eigenvalue weighted by atomic mass is 9.78. The minimum atomic E-state index is 0.689. The summed E-state index contributed by atoms with van der Waals surface area (Å²) in [5, 5.41) is 3.45. The summed E-state index contributed by atoms with van der Waals surface area (Å²) in [5.74, 6) is 0.917. The molecule has 14 heavy (non-hydrogen) atoms. The average molecular weight is 274 g/mol. The van der Waals surface area contributed by atoms with Crippen LogP contribution in [-0.2, 0) is 6.42 Å². The number of likely N-dealkylation sites (N-methyl/N-ethyl adjacent to an activating group) is 1. The van der Waals surface area contributed by atoms with E-state index in [-0.39, 0.29) is 0 Å². The van der Waals surface area contributed by atoms with Crippen LogP contribution in [0.4, 0.5) is 0 Å². The summed E-state index contributed by atoms with van der Waals surface area (Å²) in [6.45, 7) is 0. The number of halogens is 1. The summed E-state index contributed by atoms with van der Waals surface area (Å²) < 4.78 is 1.25. The van der Waals surface area contributed by atoms with E-state index in [1.54, 1.807) is 0 Å². The van der Waals surface area contributed by atoms with Gasteiger partial charge in [0, 0.05) is 10.9 Å². The largest absolute Gasteiger partial charge is 0.316 e. The van der Waals surface area contributed by atoms with Crippen LogP contribution in [0.5, 0.6) is 0 Å². The molecule has 2 rings (SSSR count). The van der Waals surface area contributed by atoms with Crippen molar-refractivity contribution >= 4 is 27.3 Å². The van der Waals surface area contributed by atoms with E-state index in [4.69, 9.17) is 0 Å². The number of hydrogen-bond donors (Lipinski definition) is 1. The molecule has 0 aliphatic heterocycles. The fraction of sp³-hybridized carbons (Fsp3) is 0.636. The fourth-order valence-electron chi connectivity index (χ4n) is 2.02. The molecule has 1 saturated carbocycles. The maximum atomic E-state index is 3.51. The Bertz CT molecular complexity index is 293. The minimum absolute atomic E-state index is 0.689. The van der Waals surface area contributed by atoms with Crippen molar-refractivity contribution in [2.45, 2.75) is 31.7 Å². The van der Waals surface area contributed by atoms with E-state index in [0.717, 1.165) is 5.92 Å². The molecule has 1 aromatic heterocycles. The highest BCUT2D eigenvalue weighted by atomic mass is 79.9. The van der Waals surface area contributed by atoms with Crippen LogP contribution in [0.1, 0.15) is 24.1 Å². The topological polar surface area (TPSA) is 12.0 Å². The first kappa shape index (κ1) is 10.7. The summed E-state index contributed by atoms with van der Waals surface area (Å²) in [4.78, 5) is 1.49. The lowest BCUT2D eigenvalue weighted by Gasteiger charge is -2.33. The molecule has 0 amide bonds. The van der Waals surface area contributed by atoms with Crippen LogP contribution in [0.25, 0.3) is 0 Å². The second-order valence-corrected chi connectivity index (χ2v) is 6.54. The highest BCUT2D eigenvalue weighted by Gasteiger charge is 2.26. The van der Waals surface area contributed by atoms with Crippen LogP contribution in [0.3, 0.4) is 0 Å². The van der Waals surface area contributed by atoms with E-state index in [1.807, 2.05) is 11.3 Å². The second kappa shape index (κ2) is 4.77. The Morgan fingerprint density at radius 2 is 2.36 bits per heavy atom. The van der Waals surface area contributed by atoms with Crippen LogP contribution < -0.4 is 5.32 Å². The van der Waals surface area contributed by atoms with E-state index in [9.17, 15) is 0 Å². The van der Waals surface area contributed by atoms with Crippen molar-refractivity contribution in [2.24, 2.45) is 5.92 Å². The fourth-order valence-corrected chi connectivity index (χ4v) is 3.57. The first-order chi connectivity index (χ1) is 6.79. The van der Waals surface area contributed by atoms with Gasteiger partial charge in [-0.25, -0.2) is 0 Å². The maximum absolute atomic E-state index is 3.51. The van der Waals surface area contributed by atoms with Gasteiger partial charge in [0.05, 0.1) is 3.79 Å². The van der Waals surface area contributed by atoms with E-state index >= 15 is 0 Å². The Balaban J connectivity index is 1.93. The summed E-state index contributed by atoms with van der Waals surface area (Å²) in [5.41, 5.74) is 0. The van der Waals surface area contributed by atoms with Crippen LogP contribution in [-0.4, -0.2) is 13.1 Å². The van der Waals surface area contributed by atoms with Crippen molar-refractivity contribution in [1.82, 2.24) is 5.32 Å². The SMILES string of the molecule is CNC(Cc1ccc(Br)s1)C1CCC1. The molecule has 1 aliphatic rings. The van der Waals surface area contributed by atoms with Gasteiger partial charge >= 0.3 is 0 Å². The Hall–Kier alpha value is 0.140. The van der Waals surface area contributed by atoms with E-state index in [0.29, 0.717) is 6.04 Å². The summed E-state index contributed by atoms with van der Waals surface area (Å²) >= 11 is 5.37. The van der Waals surface area contributed by atoms with Gasteiger partial charge in [0.1, 0.15) is 0 Å². The highest BCUT2D eigenvalue weighted by Crippen LogP contribution is 2.32. The standard InChI is InChI=1S/C11H16BrNS/c1-13-10(8-3-2-4-8)7-9-5-6-11(12)14-9/h5-6,8,10,13H,2-4,7H2,1H3. The van der Waals surface area contributed by atoms with Crippen molar-refractivity contribution in [1.29, 1.82) is 0 Å². The molecule has 0 saturated heterocycles. The second-order valence-electron chi connectivity index (χ2n) is 4.00. The van der Waals surface area contributed by atoms with Crippen LogP contribution in [0.2, 0.25) is 0 Å². The number of rotatable bonds is 4. The zero-order chi connectivity index (χ0) is 9.97. The summed E-state index contributed by atoms with van der Waals surface area (Å²) in [7, 11) is 2.09. The predicted octanol–water partition coefficient (Wildman–Crippen LogP) is 3.44. The van der Waals surface area contributed by atoms with Crippen molar-refractivity contribution in [3.63, 3.8) is 0 Å². The summed E-state index contributed by atoms with van der Waals surface area (Å²) in [6, 6.07) is 5.07. The monoisotopic (exact) mass is 273 g/mol. The predicted molar refractivity (Wildman–Crippen MR) is 65.9 cm³/mol. The highest BCUT2D eigenvalue weighted by molar-refractivity contribution is 9.11. The molecule has 78 valence electrons. The average Bonchev–Trinajstić information content (AvgIpc) is 2.47. The molecule has 1 N–H and O–H groups in total. The molecule has 0 aromatic carbocycles. The third-order valence-corrected chi connectivity index (χ3v) is 4.79. The van der Waals surface area contributed by atoms with Crippen LogP contribution in [0, 0.1) is 5.92 Å². The molecule has 1 heterocycles. The molecule has 0 spiro atoms. The zero-order valence-electron chi connectivity index (χ0n) is 8.42. The lowest BCUT2D eigenvalue weighted by molar-refractivity contribution is 0.236. The van der Waals surface area contributed by atoms with Gasteiger partial charge in [-0.15, -0.1) is 11.3 Å². The van der Waals surface area contributed by atoms with Gasteiger partial charge in [-0.2, -0.15) is 0 Å². The van der Waals surface area contributed by atoms with Gasteiger partial charge in [0.15, 0.2) is 0 Å². The third-order valence-electron chi connectivity index (χ3n) is 3.14. The van der Waals surface area contributed by atoms with Crippen molar-refractivity contribution in [3.05, 3.63) is 20.8 Å². The van der Waals surface area contributed by atoms with Gasteiger partial charge in [0.25, 0.3) is 0 Å². The Morgan fingerprint density at radius 3 is 2.79 bits per heavy atom. The van der Waals surface area contributed by atoms with E-state index in [1.165, 1.54) is 34.3 Å². The first-order valence-electron chi connectivity index (χ1n) is 5.21. The Kier molecular flexibility index (Phi) is 3.63. The van der Waals surface area contributed by atoms with Crippen molar-refractivity contribution in [2.75, 3.05) is 7.05 Å². The van der Waals surface area contributed by atoms with Crippen molar-refractivity contribution in [3.8, 4) is 0 Å². The Morgan fingerprint density at radius 1 is 1.57 bits per heavy atom.